The van der Waals surface area contributed by atoms with Crippen molar-refractivity contribution in [2.24, 2.45) is 5.92 Å². The lowest BCUT2D eigenvalue weighted by atomic mass is 10.2. The number of hydrogen-bond donors (Lipinski definition) is 3. The summed E-state index contributed by atoms with van der Waals surface area (Å²) in [5.74, 6) is 1.50. The largest absolute Gasteiger partial charge is 0.760 e. The van der Waals surface area contributed by atoms with Crippen LogP contribution in [0.15, 0.2) is 6.33 Å². The van der Waals surface area contributed by atoms with Crippen molar-refractivity contribution in [1.82, 2.24) is 23.8 Å². The van der Waals surface area contributed by atoms with E-state index in [0.717, 1.165) is 19.4 Å². The van der Waals surface area contributed by atoms with Gasteiger partial charge in [0.1, 0.15) is 0 Å². The Hall–Kier alpha value is -1.82. The molecule has 3 atom stereocenters. The van der Waals surface area contributed by atoms with Gasteiger partial charge in [-0.2, -0.15) is 9.97 Å². The molecule has 1 saturated carbocycles. The van der Waals surface area contributed by atoms with E-state index in [0.29, 0.717) is 48.4 Å². The summed E-state index contributed by atoms with van der Waals surface area (Å²) in [5.41, 5.74) is 1.38. The van der Waals surface area contributed by atoms with Crippen LogP contribution in [0.2, 0.25) is 0 Å². The molecule has 11 heteroatoms. The van der Waals surface area contributed by atoms with Crippen molar-refractivity contribution >= 4 is 34.2 Å². The van der Waals surface area contributed by atoms with Gasteiger partial charge in [0.2, 0.25) is 5.95 Å². The molecule has 4 rings (SSSR count). The molecule has 10 nitrogen and oxygen atoms in total. The van der Waals surface area contributed by atoms with Crippen LogP contribution >= 0.6 is 0 Å². The second kappa shape index (κ2) is 7.66. The molecule has 2 aromatic heterocycles. The minimum Gasteiger partial charge on any atom is -0.760 e. The Bertz CT molecular complexity index is 841. The zero-order valence-electron chi connectivity index (χ0n) is 15.2. The third-order valence-corrected chi connectivity index (χ3v) is 5.96. The number of aliphatic hydroxyl groups excluding tert-OH is 1. The topological polar surface area (TPSA) is 131 Å². The summed E-state index contributed by atoms with van der Waals surface area (Å²) < 4.78 is 25.6. The van der Waals surface area contributed by atoms with Crippen LogP contribution in [-0.4, -0.2) is 69.5 Å². The van der Waals surface area contributed by atoms with E-state index in [4.69, 9.17) is 0 Å². The maximum atomic E-state index is 11.2. The molecule has 2 aliphatic rings. The van der Waals surface area contributed by atoms with Crippen LogP contribution < -0.4 is 10.6 Å². The summed E-state index contributed by atoms with van der Waals surface area (Å²) in [6.07, 6.45) is 4.63. The highest BCUT2D eigenvalue weighted by Crippen LogP contribution is 2.34. The van der Waals surface area contributed by atoms with Crippen LogP contribution in [0.5, 0.6) is 0 Å². The molecule has 2 aromatic rings. The fourth-order valence-electron chi connectivity index (χ4n) is 3.49. The SMILES string of the molecule is CCn1cnc2c(NC3CCN(S(=O)[O-])C3)nc(NC(CO)C3CC3)nc21. The molecule has 148 valence electrons. The first kappa shape index (κ1) is 18.5. The van der Waals surface area contributed by atoms with Crippen molar-refractivity contribution in [3.63, 3.8) is 0 Å². The minimum atomic E-state index is -2.21. The van der Waals surface area contributed by atoms with Gasteiger partial charge in [0.25, 0.3) is 0 Å². The van der Waals surface area contributed by atoms with Gasteiger partial charge in [-0.05, 0) is 32.1 Å². The van der Waals surface area contributed by atoms with Crippen molar-refractivity contribution in [2.45, 2.75) is 44.8 Å². The van der Waals surface area contributed by atoms with E-state index in [1.807, 2.05) is 11.5 Å². The Morgan fingerprint density at radius 3 is 2.85 bits per heavy atom. The Kier molecular flexibility index (Phi) is 5.26. The molecule has 2 fully saturated rings. The molecule has 27 heavy (non-hydrogen) atoms. The normalized spacial score (nSPS) is 22.9. The van der Waals surface area contributed by atoms with Crippen molar-refractivity contribution in [1.29, 1.82) is 0 Å². The molecule has 1 aliphatic carbocycles. The van der Waals surface area contributed by atoms with Crippen LogP contribution in [0, 0.1) is 5.92 Å². The summed E-state index contributed by atoms with van der Waals surface area (Å²) in [6.45, 7) is 3.67. The average Bonchev–Trinajstić information content (AvgIpc) is 3.24. The third-order valence-electron chi connectivity index (χ3n) is 5.21. The first-order chi connectivity index (χ1) is 13.1. The summed E-state index contributed by atoms with van der Waals surface area (Å²) in [4.78, 5) is 13.6. The summed E-state index contributed by atoms with van der Waals surface area (Å²) in [7, 11) is 0. The highest BCUT2D eigenvalue weighted by molar-refractivity contribution is 7.76. The predicted octanol–water partition coefficient (Wildman–Crippen LogP) is 0.309. The highest BCUT2D eigenvalue weighted by atomic mass is 32.2. The second-order valence-electron chi connectivity index (χ2n) is 7.10. The number of nitrogens with zero attached hydrogens (tertiary/aromatic N) is 5. The number of anilines is 2. The van der Waals surface area contributed by atoms with Crippen molar-refractivity contribution in [3.05, 3.63) is 6.33 Å². The summed E-state index contributed by atoms with van der Waals surface area (Å²) in [6, 6.07) is -0.0872. The molecule has 3 unspecified atom stereocenters. The fraction of sp³-hybridized carbons (Fsp3) is 0.688. The quantitative estimate of drug-likeness (QED) is 0.545. The van der Waals surface area contributed by atoms with E-state index in [1.165, 1.54) is 4.31 Å². The highest BCUT2D eigenvalue weighted by Gasteiger charge is 2.31. The van der Waals surface area contributed by atoms with E-state index in [2.05, 4.69) is 25.6 Å². The van der Waals surface area contributed by atoms with Gasteiger partial charge in [-0.15, -0.1) is 0 Å². The maximum Gasteiger partial charge on any atom is 0.227 e. The van der Waals surface area contributed by atoms with Gasteiger partial charge < -0.3 is 24.9 Å². The van der Waals surface area contributed by atoms with E-state index < -0.39 is 11.3 Å². The number of aliphatic hydroxyl groups is 1. The lowest BCUT2D eigenvalue weighted by Gasteiger charge is -2.19. The molecule has 0 radical (unpaired) electrons. The Balaban J connectivity index is 1.61. The monoisotopic (exact) mass is 394 g/mol. The van der Waals surface area contributed by atoms with Gasteiger partial charge in [0.15, 0.2) is 17.0 Å². The second-order valence-corrected chi connectivity index (χ2v) is 8.06. The predicted molar refractivity (Wildman–Crippen MR) is 101 cm³/mol. The molecule has 1 saturated heterocycles. The number of fused-ring (bicyclic) bond motifs is 1. The number of nitrogens with one attached hydrogen (secondary N) is 2. The number of aryl methyl sites for hydroxylation is 1. The summed E-state index contributed by atoms with van der Waals surface area (Å²) >= 11 is -2.21. The Morgan fingerprint density at radius 2 is 2.22 bits per heavy atom. The van der Waals surface area contributed by atoms with Gasteiger partial charge in [0.05, 0.1) is 19.0 Å². The van der Waals surface area contributed by atoms with Crippen molar-refractivity contribution in [3.8, 4) is 0 Å². The molecule has 3 N–H and O–H groups in total. The lowest BCUT2D eigenvalue weighted by molar-refractivity contribution is 0.263. The van der Waals surface area contributed by atoms with E-state index in [1.54, 1.807) is 6.33 Å². The van der Waals surface area contributed by atoms with Gasteiger partial charge in [0, 0.05) is 36.9 Å². The van der Waals surface area contributed by atoms with E-state index in [9.17, 15) is 13.9 Å². The van der Waals surface area contributed by atoms with Gasteiger partial charge in [-0.3, -0.25) is 4.21 Å². The number of rotatable bonds is 8. The smallest absolute Gasteiger partial charge is 0.227 e. The standard InChI is InChI=1S/C16H25N7O3S/c1-2-22-9-17-13-14(18-11-5-6-23(7-11)27(25)26)20-16(21-15(13)22)19-12(8-24)10-3-4-10/h9-12,24H,2-8H2,1H3,(H,25,26)(H2,18,19,20,21)/p-1. The van der Waals surface area contributed by atoms with Crippen molar-refractivity contribution in [2.75, 3.05) is 30.3 Å². The molecule has 0 bridgehead atoms. The molecule has 0 amide bonds. The maximum absolute atomic E-state index is 11.2. The number of aromatic nitrogens is 4. The van der Waals surface area contributed by atoms with Crippen LogP contribution in [-0.2, 0) is 17.8 Å². The zero-order chi connectivity index (χ0) is 19.0. The third kappa shape index (κ3) is 3.91. The van der Waals surface area contributed by atoms with Crippen LogP contribution in [0.25, 0.3) is 11.2 Å². The van der Waals surface area contributed by atoms with Crippen LogP contribution in [0.4, 0.5) is 11.8 Å². The molecule has 0 spiro atoms. The number of hydrogen-bond acceptors (Lipinski definition) is 8. The first-order valence-electron chi connectivity index (χ1n) is 9.30. The zero-order valence-corrected chi connectivity index (χ0v) is 16.0. The lowest BCUT2D eigenvalue weighted by Crippen LogP contribution is -2.29. The minimum absolute atomic E-state index is 0.0299. The average molecular weight is 394 g/mol. The molecule has 3 heterocycles. The molecular weight excluding hydrogens is 370 g/mol. The first-order valence-corrected chi connectivity index (χ1v) is 10.3. The van der Waals surface area contributed by atoms with Gasteiger partial charge in [-0.1, -0.05) is 0 Å². The van der Waals surface area contributed by atoms with Gasteiger partial charge in [-0.25, -0.2) is 9.29 Å². The number of imidazole rings is 1. The molecule has 1 aliphatic heterocycles. The van der Waals surface area contributed by atoms with Crippen LogP contribution in [0.1, 0.15) is 26.2 Å². The van der Waals surface area contributed by atoms with Crippen molar-refractivity contribution < 1.29 is 13.9 Å². The molecule has 0 aromatic carbocycles. The van der Waals surface area contributed by atoms with Crippen LogP contribution in [0.3, 0.4) is 0 Å². The van der Waals surface area contributed by atoms with E-state index >= 15 is 0 Å². The Labute approximate surface area is 159 Å². The van der Waals surface area contributed by atoms with E-state index in [-0.39, 0.29) is 18.7 Å². The van der Waals surface area contributed by atoms with Gasteiger partial charge >= 0.3 is 0 Å². The molecular formula is C16H24N7O3S-. The fourth-order valence-corrected chi connectivity index (χ4v) is 4.05. The Morgan fingerprint density at radius 1 is 1.41 bits per heavy atom. The summed E-state index contributed by atoms with van der Waals surface area (Å²) in [5, 5.41) is 16.2.